The van der Waals surface area contributed by atoms with Crippen molar-refractivity contribution in [1.29, 1.82) is 0 Å². The fourth-order valence-electron chi connectivity index (χ4n) is 3.17. The van der Waals surface area contributed by atoms with E-state index in [0.29, 0.717) is 13.2 Å². The minimum atomic E-state index is 0.0124. The number of amides is 1. The van der Waals surface area contributed by atoms with Crippen LogP contribution < -0.4 is 0 Å². The normalized spacial score (nSPS) is 11.0. The lowest BCUT2D eigenvalue weighted by molar-refractivity contribution is -0.139. The molecule has 0 atom stereocenters. The van der Waals surface area contributed by atoms with Crippen molar-refractivity contribution in [1.82, 2.24) is 9.47 Å². The summed E-state index contributed by atoms with van der Waals surface area (Å²) in [7, 11) is 0. The van der Waals surface area contributed by atoms with Gasteiger partial charge in [0.15, 0.2) is 0 Å². The average Bonchev–Trinajstić information content (AvgIpc) is 3.14. The number of carbonyl (C=O) groups is 1. The quantitative estimate of drug-likeness (QED) is 0.551. The molecule has 146 valence electrons. The van der Waals surface area contributed by atoms with E-state index in [0.717, 1.165) is 17.8 Å². The van der Waals surface area contributed by atoms with Crippen LogP contribution in [0.1, 0.15) is 30.7 Å². The fraction of sp³-hybridized carbons (Fsp3) is 0.292. The van der Waals surface area contributed by atoms with Gasteiger partial charge in [0, 0.05) is 24.5 Å². The Morgan fingerprint density at radius 3 is 2.21 bits per heavy atom. The monoisotopic (exact) mass is 376 g/mol. The van der Waals surface area contributed by atoms with Gasteiger partial charge in [0.25, 0.3) is 0 Å². The van der Waals surface area contributed by atoms with Gasteiger partial charge in [-0.1, -0.05) is 60.7 Å². The summed E-state index contributed by atoms with van der Waals surface area (Å²) >= 11 is 0. The van der Waals surface area contributed by atoms with Crippen molar-refractivity contribution in [3.8, 4) is 0 Å². The first-order chi connectivity index (χ1) is 13.6. The van der Waals surface area contributed by atoms with Crippen molar-refractivity contribution >= 4 is 5.91 Å². The van der Waals surface area contributed by atoms with E-state index in [9.17, 15) is 4.79 Å². The summed E-state index contributed by atoms with van der Waals surface area (Å²) in [6.07, 6.45) is 2.07. The van der Waals surface area contributed by atoms with Crippen molar-refractivity contribution in [2.75, 3.05) is 6.61 Å². The Bertz CT molecular complexity index is 857. The minimum absolute atomic E-state index is 0.0124. The van der Waals surface area contributed by atoms with Gasteiger partial charge >= 0.3 is 0 Å². The van der Waals surface area contributed by atoms with Crippen molar-refractivity contribution < 1.29 is 9.53 Å². The molecule has 0 aliphatic rings. The smallest absolute Gasteiger partial charge is 0.249 e. The molecule has 2 aromatic carbocycles. The first kappa shape index (κ1) is 19.9. The molecule has 0 aliphatic heterocycles. The van der Waals surface area contributed by atoms with Crippen LogP contribution in [0.3, 0.4) is 0 Å². The standard InChI is InChI=1S/C24H28N2O2/c1-20(2)26(24(27)19-28-18-22-12-7-4-8-13-22)17-23-14-9-15-25(23)16-21-10-5-3-6-11-21/h3-15,20H,16-19H2,1-2H3. The molecule has 28 heavy (non-hydrogen) atoms. The van der Waals surface area contributed by atoms with Crippen LogP contribution in [-0.4, -0.2) is 28.0 Å². The first-order valence-electron chi connectivity index (χ1n) is 9.72. The van der Waals surface area contributed by atoms with E-state index in [1.165, 1.54) is 5.56 Å². The summed E-state index contributed by atoms with van der Waals surface area (Å²) in [5, 5.41) is 0. The zero-order chi connectivity index (χ0) is 19.8. The Hall–Kier alpha value is -2.85. The Morgan fingerprint density at radius 2 is 1.57 bits per heavy atom. The minimum Gasteiger partial charge on any atom is -0.367 e. The number of carbonyl (C=O) groups excluding carboxylic acids is 1. The van der Waals surface area contributed by atoms with Crippen LogP contribution in [0.4, 0.5) is 0 Å². The fourth-order valence-corrected chi connectivity index (χ4v) is 3.17. The van der Waals surface area contributed by atoms with Crippen molar-refractivity contribution in [3.63, 3.8) is 0 Å². The number of nitrogens with zero attached hydrogens (tertiary/aromatic N) is 2. The third kappa shape index (κ3) is 5.57. The van der Waals surface area contributed by atoms with Crippen molar-refractivity contribution in [3.05, 3.63) is 95.8 Å². The maximum Gasteiger partial charge on any atom is 0.249 e. The van der Waals surface area contributed by atoms with Gasteiger partial charge in [0.1, 0.15) is 6.61 Å². The van der Waals surface area contributed by atoms with Gasteiger partial charge in [-0.15, -0.1) is 0 Å². The number of rotatable bonds is 9. The van der Waals surface area contributed by atoms with Crippen LogP contribution in [0.25, 0.3) is 0 Å². The number of benzene rings is 2. The molecule has 1 aromatic heterocycles. The Labute approximate surface area is 167 Å². The Morgan fingerprint density at radius 1 is 0.929 bits per heavy atom. The van der Waals surface area contributed by atoms with Crippen LogP contribution in [0, 0.1) is 0 Å². The first-order valence-corrected chi connectivity index (χ1v) is 9.72. The number of hydrogen-bond donors (Lipinski definition) is 0. The largest absolute Gasteiger partial charge is 0.367 e. The Balaban J connectivity index is 1.60. The summed E-state index contributed by atoms with van der Waals surface area (Å²) in [6, 6.07) is 24.5. The molecule has 0 saturated heterocycles. The van der Waals surface area contributed by atoms with Crippen molar-refractivity contribution in [2.24, 2.45) is 0 Å². The van der Waals surface area contributed by atoms with E-state index < -0.39 is 0 Å². The molecule has 3 aromatic rings. The topological polar surface area (TPSA) is 34.5 Å². The Kier molecular flexibility index (Phi) is 7.04. The zero-order valence-electron chi connectivity index (χ0n) is 16.6. The molecule has 4 heteroatoms. The van der Waals surface area contributed by atoms with E-state index in [2.05, 4.69) is 29.0 Å². The van der Waals surface area contributed by atoms with Gasteiger partial charge < -0.3 is 14.2 Å². The van der Waals surface area contributed by atoms with Gasteiger partial charge in [-0.05, 0) is 37.1 Å². The lowest BCUT2D eigenvalue weighted by Gasteiger charge is -2.27. The van der Waals surface area contributed by atoms with Gasteiger partial charge in [-0.2, -0.15) is 0 Å². The van der Waals surface area contributed by atoms with Gasteiger partial charge in [-0.25, -0.2) is 0 Å². The molecule has 1 amide bonds. The molecule has 0 N–H and O–H groups in total. The second-order valence-corrected chi connectivity index (χ2v) is 7.21. The molecule has 0 saturated carbocycles. The highest BCUT2D eigenvalue weighted by Crippen LogP contribution is 2.13. The van der Waals surface area contributed by atoms with E-state index in [-0.39, 0.29) is 18.6 Å². The molecule has 0 spiro atoms. The highest BCUT2D eigenvalue weighted by Gasteiger charge is 2.19. The molecule has 0 bridgehead atoms. The maximum atomic E-state index is 12.8. The molecular weight excluding hydrogens is 348 g/mol. The molecule has 4 nitrogen and oxygen atoms in total. The number of aromatic nitrogens is 1. The summed E-state index contributed by atoms with van der Waals surface area (Å²) in [6.45, 7) is 5.99. The molecule has 3 rings (SSSR count). The lowest BCUT2D eigenvalue weighted by atomic mass is 10.2. The molecule has 0 fully saturated rings. The van der Waals surface area contributed by atoms with Gasteiger partial charge in [0.05, 0.1) is 13.2 Å². The second kappa shape index (κ2) is 9.90. The molecule has 0 unspecified atom stereocenters. The van der Waals surface area contributed by atoms with E-state index >= 15 is 0 Å². The van der Waals surface area contributed by atoms with Crippen LogP contribution in [0.2, 0.25) is 0 Å². The molecular formula is C24H28N2O2. The SMILES string of the molecule is CC(C)N(Cc1cccn1Cc1ccccc1)C(=O)COCc1ccccc1. The summed E-state index contributed by atoms with van der Waals surface area (Å²) in [5.74, 6) is 0.0124. The number of hydrogen-bond acceptors (Lipinski definition) is 2. The predicted molar refractivity (Wildman–Crippen MR) is 112 cm³/mol. The van der Waals surface area contributed by atoms with Crippen LogP contribution >= 0.6 is 0 Å². The van der Waals surface area contributed by atoms with E-state index in [4.69, 9.17) is 4.74 Å². The van der Waals surface area contributed by atoms with Crippen molar-refractivity contribution in [2.45, 2.75) is 39.6 Å². The average molecular weight is 377 g/mol. The van der Waals surface area contributed by atoms with Crippen LogP contribution in [0.15, 0.2) is 79.0 Å². The maximum absolute atomic E-state index is 12.8. The highest BCUT2D eigenvalue weighted by atomic mass is 16.5. The van der Waals surface area contributed by atoms with E-state index in [1.54, 1.807) is 0 Å². The van der Waals surface area contributed by atoms with E-state index in [1.807, 2.05) is 73.3 Å². The van der Waals surface area contributed by atoms with Crippen LogP contribution in [-0.2, 0) is 29.2 Å². The highest BCUT2D eigenvalue weighted by molar-refractivity contribution is 5.77. The zero-order valence-corrected chi connectivity index (χ0v) is 16.6. The second-order valence-electron chi connectivity index (χ2n) is 7.21. The third-order valence-electron chi connectivity index (χ3n) is 4.73. The van der Waals surface area contributed by atoms with Crippen LogP contribution in [0.5, 0.6) is 0 Å². The molecule has 0 aliphatic carbocycles. The van der Waals surface area contributed by atoms with Gasteiger partial charge in [0.2, 0.25) is 5.91 Å². The third-order valence-corrected chi connectivity index (χ3v) is 4.73. The summed E-state index contributed by atoms with van der Waals surface area (Å²) in [5.41, 5.74) is 3.44. The number of ether oxygens (including phenoxy) is 1. The van der Waals surface area contributed by atoms with Gasteiger partial charge in [-0.3, -0.25) is 4.79 Å². The summed E-state index contributed by atoms with van der Waals surface area (Å²) in [4.78, 5) is 14.6. The molecule has 1 heterocycles. The molecule has 0 radical (unpaired) electrons. The lowest BCUT2D eigenvalue weighted by Crippen LogP contribution is -2.39. The summed E-state index contributed by atoms with van der Waals surface area (Å²) < 4.78 is 7.86. The predicted octanol–water partition coefficient (Wildman–Crippen LogP) is 4.49.